The Morgan fingerprint density at radius 1 is 1.62 bits per heavy atom. The lowest BCUT2D eigenvalue weighted by molar-refractivity contribution is -0.154. The van der Waals surface area contributed by atoms with Crippen LogP contribution in [0.15, 0.2) is 0 Å². The van der Waals surface area contributed by atoms with Crippen LogP contribution >= 0.6 is 0 Å². The molecule has 0 saturated carbocycles. The fourth-order valence-corrected chi connectivity index (χ4v) is 1.75. The predicted octanol–water partition coefficient (Wildman–Crippen LogP) is -0.750. The molecule has 1 aliphatic heterocycles. The maximum atomic E-state index is 11.5. The van der Waals surface area contributed by atoms with Crippen LogP contribution in [-0.4, -0.2) is 73.2 Å². The summed E-state index contributed by atoms with van der Waals surface area (Å²) in [7, 11) is 3.16. The van der Waals surface area contributed by atoms with Gasteiger partial charge in [-0.15, -0.1) is 0 Å². The molecule has 1 amide bonds. The number of ether oxygens (including phenoxy) is 1. The molecule has 1 aliphatic rings. The summed E-state index contributed by atoms with van der Waals surface area (Å²) in [5, 5.41) is 8.97. The van der Waals surface area contributed by atoms with Crippen LogP contribution < -0.4 is 0 Å². The summed E-state index contributed by atoms with van der Waals surface area (Å²) < 4.78 is 4.92. The van der Waals surface area contributed by atoms with Crippen LogP contribution in [0.4, 0.5) is 0 Å². The molecular weight excluding hydrogens is 212 g/mol. The first-order valence-corrected chi connectivity index (χ1v) is 5.26. The second-order valence-corrected chi connectivity index (χ2v) is 3.94. The van der Waals surface area contributed by atoms with Crippen LogP contribution in [-0.2, 0) is 14.3 Å². The van der Waals surface area contributed by atoms with Gasteiger partial charge in [0, 0.05) is 33.9 Å². The van der Waals surface area contributed by atoms with Gasteiger partial charge in [0.2, 0.25) is 5.91 Å². The smallest absolute Gasteiger partial charge is 0.327 e. The van der Waals surface area contributed by atoms with Gasteiger partial charge in [-0.25, -0.2) is 4.79 Å². The number of amides is 1. The lowest BCUT2D eigenvalue weighted by Crippen LogP contribution is -2.57. The molecule has 1 N–H and O–H groups in total. The number of carbonyl (C=O) groups is 2. The van der Waals surface area contributed by atoms with E-state index in [9.17, 15) is 9.59 Å². The van der Waals surface area contributed by atoms with Crippen LogP contribution in [0.5, 0.6) is 0 Å². The zero-order chi connectivity index (χ0) is 12.1. The van der Waals surface area contributed by atoms with E-state index in [1.54, 1.807) is 7.11 Å². The predicted molar refractivity (Wildman–Crippen MR) is 57.1 cm³/mol. The Labute approximate surface area is 94.8 Å². The first kappa shape index (κ1) is 12.9. The largest absolute Gasteiger partial charge is 0.480 e. The summed E-state index contributed by atoms with van der Waals surface area (Å²) in [6.45, 7) is 2.00. The number of likely N-dealkylation sites (N-methyl/N-ethyl adjacent to an activating group) is 1. The van der Waals surface area contributed by atoms with Crippen molar-refractivity contribution in [3.05, 3.63) is 0 Å². The van der Waals surface area contributed by atoms with E-state index in [1.807, 2.05) is 4.90 Å². The van der Waals surface area contributed by atoms with Crippen molar-refractivity contribution in [3.8, 4) is 0 Å². The topological polar surface area (TPSA) is 70.1 Å². The second kappa shape index (κ2) is 5.81. The lowest BCUT2D eigenvalue weighted by atomic mass is 10.1. The summed E-state index contributed by atoms with van der Waals surface area (Å²) >= 11 is 0. The van der Waals surface area contributed by atoms with Crippen molar-refractivity contribution >= 4 is 11.9 Å². The van der Waals surface area contributed by atoms with E-state index in [0.29, 0.717) is 26.2 Å². The van der Waals surface area contributed by atoms with E-state index in [2.05, 4.69) is 0 Å². The molecule has 0 aromatic heterocycles. The van der Waals surface area contributed by atoms with Gasteiger partial charge in [0.25, 0.3) is 0 Å². The van der Waals surface area contributed by atoms with Gasteiger partial charge in [0.15, 0.2) is 0 Å². The molecule has 1 heterocycles. The number of rotatable bonds is 5. The Morgan fingerprint density at radius 3 is 2.88 bits per heavy atom. The van der Waals surface area contributed by atoms with Crippen LogP contribution in [0.25, 0.3) is 0 Å². The monoisotopic (exact) mass is 230 g/mol. The fraction of sp³-hybridized carbons (Fsp3) is 0.800. The van der Waals surface area contributed by atoms with Crippen molar-refractivity contribution in [2.75, 3.05) is 40.4 Å². The van der Waals surface area contributed by atoms with E-state index < -0.39 is 12.0 Å². The molecule has 6 heteroatoms. The number of hydrogen-bond donors (Lipinski definition) is 1. The third kappa shape index (κ3) is 3.18. The average Bonchev–Trinajstić information content (AvgIpc) is 2.23. The van der Waals surface area contributed by atoms with E-state index >= 15 is 0 Å². The Kier molecular flexibility index (Phi) is 4.70. The Morgan fingerprint density at radius 2 is 2.31 bits per heavy atom. The van der Waals surface area contributed by atoms with Gasteiger partial charge in [0.1, 0.15) is 6.04 Å². The molecule has 1 unspecified atom stereocenters. The summed E-state index contributed by atoms with van der Waals surface area (Å²) in [5.41, 5.74) is 0. The zero-order valence-corrected chi connectivity index (χ0v) is 9.68. The van der Waals surface area contributed by atoms with Crippen molar-refractivity contribution < 1.29 is 19.4 Å². The summed E-state index contributed by atoms with van der Waals surface area (Å²) in [5.74, 6) is -1.09. The van der Waals surface area contributed by atoms with E-state index in [4.69, 9.17) is 9.84 Å². The third-order valence-corrected chi connectivity index (χ3v) is 2.76. The number of carboxylic acid groups (broad SMARTS) is 1. The SMILES string of the molecule is COCCCN1CC(=O)N(C)C(C(=O)O)C1. The molecule has 1 atom stereocenters. The van der Waals surface area contributed by atoms with Crippen molar-refractivity contribution in [3.63, 3.8) is 0 Å². The minimum absolute atomic E-state index is 0.143. The number of aliphatic carboxylic acids is 1. The summed E-state index contributed by atoms with van der Waals surface area (Å²) in [6.07, 6.45) is 0.805. The molecular formula is C10H18N2O4. The van der Waals surface area contributed by atoms with E-state index in [1.165, 1.54) is 11.9 Å². The average molecular weight is 230 g/mol. The lowest BCUT2D eigenvalue weighted by Gasteiger charge is -2.36. The van der Waals surface area contributed by atoms with E-state index in [0.717, 1.165) is 6.42 Å². The van der Waals surface area contributed by atoms with Crippen LogP contribution in [0.1, 0.15) is 6.42 Å². The van der Waals surface area contributed by atoms with E-state index in [-0.39, 0.29) is 5.91 Å². The van der Waals surface area contributed by atoms with Crippen LogP contribution in [0.3, 0.4) is 0 Å². The van der Waals surface area contributed by atoms with Crippen molar-refractivity contribution in [2.24, 2.45) is 0 Å². The number of hydrogen-bond acceptors (Lipinski definition) is 4. The molecule has 92 valence electrons. The highest BCUT2D eigenvalue weighted by Crippen LogP contribution is 2.09. The molecule has 0 bridgehead atoms. The van der Waals surface area contributed by atoms with Crippen molar-refractivity contribution in [1.82, 2.24) is 9.80 Å². The molecule has 0 aliphatic carbocycles. The first-order valence-electron chi connectivity index (χ1n) is 5.26. The summed E-state index contributed by atoms with van der Waals surface area (Å²) in [4.78, 5) is 25.6. The van der Waals surface area contributed by atoms with Gasteiger partial charge in [-0.2, -0.15) is 0 Å². The standard InChI is InChI=1S/C10H18N2O4/c1-11-8(10(14)15)6-12(7-9(11)13)4-3-5-16-2/h8H,3-7H2,1-2H3,(H,14,15). The molecule has 1 rings (SSSR count). The van der Waals surface area contributed by atoms with Gasteiger partial charge >= 0.3 is 5.97 Å². The highest BCUT2D eigenvalue weighted by atomic mass is 16.5. The maximum absolute atomic E-state index is 11.5. The molecule has 0 radical (unpaired) electrons. The molecule has 16 heavy (non-hydrogen) atoms. The third-order valence-electron chi connectivity index (χ3n) is 2.76. The number of nitrogens with zero attached hydrogens (tertiary/aromatic N) is 2. The van der Waals surface area contributed by atoms with Crippen LogP contribution in [0.2, 0.25) is 0 Å². The van der Waals surface area contributed by atoms with Gasteiger partial charge in [0.05, 0.1) is 6.54 Å². The van der Waals surface area contributed by atoms with Gasteiger partial charge in [-0.3, -0.25) is 9.69 Å². The molecule has 0 aromatic rings. The van der Waals surface area contributed by atoms with Crippen LogP contribution in [0, 0.1) is 0 Å². The number of methoxy groups -OCH3 is 1. The number of piperazine rings is 1. The fourth-order valence-electron chi connectivity index (χ4n) is 1.75. The maximum Gasteiger partial charge on any atom is 0.327 e. The molecule has 0 spiro atoms. The first-order chi connectivity index (χ1) is 7.56. The molecule has 1 fully saturated rings. The minimum atomic E-state index is -0.952. The van der Waals surface area contributed by atoms with Gasteiger partial charge in [-0.1, -0.05) is 0 Å². The Balaban J connectivity index is 2.50. The highest BCUT2D eigenvalue weighted by Gasteiger charge is 2.34. The molecule has 1 saturated heterocycles. The minimum Gasteiger partial charge on any atom is -0.480 e. The van der Waals surface area contributed by atoms with Gasteiger partial charge < -0.3 is 14.7 Å². The number of carboxylic acids is 1. The molecule has 6 nitrogen and oxygen atoms in total. The normalized spacial score (nSPS) is 22.5. The Hall–Kier alpha value is -1.14. The zero-order valence-electron chi connectivity index (χ0n) is 9.68. The molecule has 0 aromatic carbocycles. The quantitative estimate of drug-likeness (QED) is 0.629. The van der Waals surface area contributed by atoms with Crippen molar-refractivity contribution in [2.45, 2.75) is 12.5 Å². The van der Waals surface area contributed by atoms with Crippen molar-refractivity contribution in [1.29, 1.82) is 0 Å². The summed E-state index contributed by atoms with van der Waals surface area (Å²) in [6, 6.07) is -0.733. The number of carbonyl (C=O) groups excluding carboxylic acids is 1. The highest BCUT2D eigenvalue weighted by molar-refractivity contribution is 5.86. The van der Waals surface area contributed by atoms with Gasteiger partial charge in [-0.05, 0) is 6.42 Å². The Bertz CT molecular complexity index is 270. The second-order valence-electron chi connectivity index (χ2n) is 3.94.